The van der Waals surface area contributed by atoms with Crippen LogP contribution in [0.15, 0.2) is 58.2 Å². The molecule has 7 nitrogen and oxygen atoms in total. The number of aromatic nitrogens is 2. The topological polar surface area (TPSA) is 80.5 Å². The number of anilines is 2. The van der Waals surface area contributed by atoms with Gasteiger partial charge in [0.1, 0.15) is 5.75 Å². The Morgan fingerprint density at radius 3 is 2.73 bits per heavy atom. The molecule has 4 rings (SSSR count). The summed E-state index contributed by atoms with van der Waals surface area (Å²) in [7, 11) is 0. The van der Waals surface area contributed by atoms with Crippen molar-refractivity contribution in [2.24, 2.45) is 0 Å². The molecule has 1 saturated heterocycles. The molecule has 1 N–H and O–H groups in total. The van der Waals surface area contributed by atoms with Gasteiger partial charge in [-0.1, -0.05) is 23.9 Å². The number of carbonyl (C=O) groups excluding carboxylic acids is 1. The van der Waals surface area contributed by atoms with Crippen molar-refractivity contribution in [1.29, 1.82) is 0 Å². The van der Waals surface area contributed by atoms with E-state index in [-0.39, 0.29) is 18.3 Å². The molecule has 0 saturated carbocycles. The summed E-state index contributed by atoms with van der Waals surface area (Å²) in [4.78, 5) is 14.6. The van der Waals surface area contributed by atoms with Gasteiger partial charge in [0, 0.05) is 24.5 Å². The van der Waals surface area contributed by atoms with Gasteiger partial charge in [0.25, 0.3) is 11.1 Å². The Hall–Kier alpha value is -3.00. The van der Waals surface area contributed by atoms with E-state index in [4.69, 9.17) is 9.15 Å². The molecule has 1 fully saturated rings. The third-order valence-corrected chi connectivity index (χ3v) is 5.57. The van der Waals surface area contributed by atoms with Crippen LogP contribution in [-0.4, -0.2) is 34.9 Å². The number of thioether (sulfide) groups is 1. The Labute approximate surface area is 179 Å². The Morgan fingerprint density at radius 1 is 1.17 bits per heavy atom. The van der Waals surface area contributed by atoms with Crippen LogP contribution in [0.1, 0.15) is 24.3 Å². The second-order valence-corrected chi connectivity index (χ2v) is 8.07. The van der Waals surface area contributed by atoms with Crippen molar-refractivity contribution in [3.8, 4) is 5.75 Å². The van der Waals surface area contributed by atoms with E-state index in [9.17, 15) is 4.79 Å². The molecule has 30 heavy (non-hydrogen) atoms. The summed E-state index contributed by atoms with van der Waals surface area (Å²) in [5.74, 6) is 1.19. The largest absolute Gasteiger partial charge is 0.484 e. The number of carbonyl (C=O) groups is 1. The standard InChI is InChI=1S/C22H24N4O3S/c1-16-5-4-6-19(13-16)28-14-21-24-25-22(29-21)30-15-20(27)23-17-7-9-18(10-8-17)26-11-2-3-12-26/h4-10,13H,2-3,11-12,14-15H2,1H3,(H,23,27). The van der Waals surface area contributed by atoms with Gasteiger partial charge in [-0.05, 0) is 61.7 Å². The summed E-state index contributed by atoms with van der Waals surface area (Å²) in [5, 5.41) is 11.2. The first kappa shape index (κ1) is 20.3. The van der Waals surface area contributed by atoms with Crippen molar-refractivity contribution in [2.45, 2.75) is 31.6 Å². The molecule has 1 aliphatic heterocycles. The highest BCUT2D eigenvalue weighted by molar-refractivity contribution is 7.99. The van der Waals surface area contributed by atoms with Gasteiger partial charge in [0.05, 0.1) is 5.75 Å². The Balaban J connectivity index is 1.22. The van der Waals surface area contributed by atoms with Gasteiger partial charge in [-0.3, -0.25) is 4.79 Å². The normalized spacial score (nSPS) is 13.4. The van der Waals surface area contributed by atoms with E-state index in [0.717, 1.165) is 30.1 Å². The second-order valence-electron chi connectivity index (χ2n) is 7.14. The number of benzene rings is 2. The first-order valence-electron chi connectivity index (χ1n) is 9.95. The molecular formula is C22H24N4O3S. The summed E-state index contributed by atoms with van der Waals surface area (Å²) in [6.45, 7) is 4.39. The van der Waals surface area contributed by atoms with E-state index in [2.05, 4.69) is 20.4 Å². The number of hydrogen-bond donors (Lipinski definition) is 1. The van der Waals surface area contributed by atoms with E-state index >= 15 is 0 Å². The molecule has 2 heterocycles. The zero-order valence-corrected chi connectivity index (χ0v) is 17.7. The van der Waals surface area contributed by atoms with Gasteiger partial charge in [-0.2, -0.15) is 0 Å². The fraction of sp³-hybridized carbons (Fsp3) is 0.318. The molecule has 0 bridgehead atoms. The predicted octanol–water partition coefficient (Wildman–Crippen LogP) is 4.29. The first-order valence-corrected chi connectivity index (χ1v) is 10.9. The highest BCUT2D eigenvalue weighted by Crippen LogP contribution is 2.23. The number of aryl methyl sites for hydroxylation is 1. The zero-order chi connectivity index (χ0) is 20.8. The molecule has 2 aromatic carbocycles. The van der Waals surface area contributed by atoms with Crippen LogP contribution in [0, 0.1) is 6.92 Å². The van der Waals surface area contributed by atoms with Crippen LogP contribution in [0.4, 0.5) is 11.4 Å². The maximum atomic E-state index is 12.2. The number of amides is 1. The highest BCUT2D eigenvalue weighted by atomic mass is 32.2. The molecule has 0 spiro atoms. The summed E-state index contributed by atoms with van der Waals surface area (Å²) < 4.78 is 11.2. The molecule has 0 aliphatic carbocycles. The van der Waals surface area contributed by atoms with Gasteiger partial charge < -0.3 is 19.4 Å². The number of nitrogens with zero attached hydrogens (tertiary/aromatic N) is 3. The minimum atomic E-state index is -0.121. The highest BCUT2D eigenvalue weighted by Gasteiger charge is 2.13. The van der Waals surface area contributed by atoms with Crippen molar-refractivity contribution < 1.29 is 13.9 Å². The predicted molar refractivity (Wildman–Crippen MR) is 117 cm³/mol. The number of rotatable bonds is 8. The van der Waals surface area contributed by atoms with Crippen LogP contribution < -0.4 is 15.0 Å². The summed E-state index contributed by atoms with van der Waals surface area (Å²) >= 11 is 1.20. The SMILES string of the molecule is Cc1cccc(OCc2nnc(SCC(=O)Nc3ccc(N4CCCC4)cc3)o2)c1. The summed E-state index contributed by atoms with van der Waals surface area (Å²) in [6, 6.07) is 15.7. The van der Waals surface area contributed by atoms with Crippen LogP contribution in [-0.2, 0) is 11.4 Å². The molecule has 0 unspecified atom stereocenters. The lowest BCUT2D eigenvalue weighted by atomic mass is 10.2. The van der Waals surface area contributed by atoms with Crippen LogP contribution in [0.3, 0.4) is 0 Å². The van der Waals surface area contributed by atoms with Crippen LogP contribution in [0.2, 0.25) is 0 Å². The van der Waals surface area contributed by atoms with E-state index in [1.807, 2.05) is 55.5 Å². The molecule has 156 valence electrons. The van der Waals surface area contributed by atoms with E-state index < -0.39 is 0 Å². The van der Waals surface area contributed by atoms with Crippen molar-refractivity contribution in [3.05, 3.63) is 60.0 Å². The molecule has 1 aliphatic rings. The van der Waals surface area contributed by atoms with E-state index in [1.165, 1.54) is 30.3 Å². The third-order valence-electron chi connectivity index (χ3n) is 4.75. The fourth-order valence-electron chi connectivity index (χ4n) is 3.26. The monoisotopic (exact) mass is 424 g/mol. The van der Waals surface area contributed by atoms with Gasteiger partial charge in [0.15, 0.2) is 6.61 Å². The molecular weight excluding hydrogens is 400 g/mol. The lowest BCUT2D eigenvalue weighted by molar-refractivity contribution is -0.113. The Bertz CT molecular complexity index is 984. The van der Waals surface area contributed by atoms with Gasteiger partial charge in [0.2, 0.25) is 5.91 Å². The maximum Gasteiger partial charge on any atom is 0.277 e. The Morgan fingerprint density at radius 2 is 1.97 bits per heavy atom. The lowest BCUT2D eigenvalue weighted by Crippen LogP contribution is -2.18. The number of nitrogens with one attached hydrogen (secondary N) is 1. The maximum absolute atomic E-state index is 12.2. The minimum absolute atomic E-state index is 0.121. The summed E-state index contributed by atoms with van der Waals surface area (Å²) in [6.07, 6.45) is 2.48. The van der Waals surface area contributed by atoms with E-state index in [0.29, 0.717) is 11.1 Å². The van der Waals surface area contributed by atoms with Crippen molar-refractivity contribution in [1.82, 2.24) is 10.2 Å². The lowest BCUT2D eigenvalue weighted by Gasteiger charge is -2.17. The van der Waals surface area contributed by atoms with Gasteiger partial charge in [-0.25, -0.2) is 0 Å². The molecule has 8 heteroatoms. The molecule has 3 aromatic rings. The molecule has 1 aromatic heterocycles. The smallest absolute Gasteiger partial charge is 0.277 e. The summed E-state index contributed by atoms with van der Waals surface area (Å²) in [5.41, 5.74) is 3.10. The van der Waals surface area contributed by atoms with Crippen LogP contribution in [0.5, 0.6) is 5.75 Å². The average Bonchev–Trinajstić information content (AvgIpc) is 3.44. The molecule has 1 amide bonds. The van der Waals surface area contributed by atoms with Gasteiger partial charge in [-0.15, -0.1) is 10.2 Å². The number of ether oxygens (including phenoxy) is 1. The second kappa shape index (κ2) is 9.67. The zero-order valence-electron chi connectivity index (χ0n) is 16.8. The van der Waals surface area contributed by atoms with Crippen molar-refractivity contribution >= 4 is 29.0 Å². The van der Waals surface area contributed by atoms with E-state index in [1.54, 1.807) is 0 Å². The van der Waals surface area contributed by atoms with Gasteiger partial charge >= 0.3 is 0 Å². The average molecular weight is 425 g/mol. The quantitative estimate of drug-likeness (QED) is 0.540. The Kier molecular flexibility index (Phi) is 6.53. The first-order chi connectivity index (χ1) is 14.7. The van der Waals surface area contributed by atoms with Crippen molar-refractivity contribution in [2.75, 3.05) is 29.1 Å². The minimum Gasteiger partial charge on any atom is -0.484 e. The fourth-order valence-corrected chi connectivity index (χ4v) is 3.84. The molecule has 0 atom stereocenters. The van der Waals surface area contributed by atoms with Crippen LogP contribution in [0.25, 0.3) is 0 Å². The van der Waals surface area contributed by atoms with Crippen molar-refractivity contribution in [3.63, 3.8) is 0 Å². The number of hydrogen-bond acceptors (Lipinski definition) is 7. The van der Waals surface area contributed by atoms with Crippen LogP contribution >= 0.6 is 11.8 Å². The third kappa shape index (κ3) is 5.54. The molecule has 0 radical (unpaired) electrons.